The van der Waals surface area contributed by atoms with Crippen molar-refractivity contribution < 1.29 is 9.59 Å². The SMILES string of the molecule is CCN1CCNC[C@@](C)(CNC)CN(C)CCN2C[C@](NC(=O)CCCC(=O)NCCCN)(C1)CN2C. The quantitative estimate of drug-likeness (QED) is 0.210. The van der Waals surface area contributed by atoms with Gasteiger partial charge in [-0.1, -0.05) is 13.8 Å². The third-order valence-corrected chi connectivity index (χ3v) is 7.54. The zero-order chi connectivity index (χ0) is 27.3. The maximum Gasteiger partial charge on any atom is 0.220 e. The van der Waals surface area contributed by atoms with Gasteiger partial charge < -0.3 is 31.9 Å². The average molecular weight is 526 g/mol. The van der Waals surface area contributed by atoms with Gasteiger partial charge in [-0.3, -0.25) is 14.5 Å². The Morgan fingerprint density at radius 1 is 1.00 bits per heavy atom. The van der Waals surface area contributed by atoms with Crippen LogP contribution in [0.15, 0.2) is 0 Å². The lowest BCUT2D eigenvalue weighted by Crippen LogP contribution is -2.60. The molecule has 2 aliphatic heterocycles. The van der Waals surface area contributed by atoms with Crippen LogP contribution in [0.3, 0.4) is 0 Å². The molecule has 0 aliphatic carbocycles. The Balaban J connectivity index is 2.04. The molecule has 0 spiro atoms. The molecule has 2 saturated heterocycles. The summed E-state index contributed by atoms with van der Waals surface area (Å²) in [5.41, 5.74) is 5.29. The first-order chi connectivity index (χ1) is 17.6. The molecule has 0 saturated carbocycles. The van der Waals surface area contributed by atoms with Crippen molar-refractivity contribution in [1.82, 2.24) is 41.1 Å². The fraction of sp³-hybridized carbons (Fsp3) is 0.923. The Bertz CT molecular complexity index is 697. The molecule has 11 heteroatoms. The molecule has 216 valence electrons. The Morgan fingerprint density at radius 3 is 2.46 bits per heavy atom. The van der Waals surface area contributed by atoms with Crippen LogP contribution in [0.2, 0.25) is 0 Å². The molecule has 0 aromatic rings. The van der Waals surface area contributed by atoms with E-state index in [0.29, 0.717) is 32.4 Å². The Labute approximate surface area is 225 Å². The summed E-state index contributed by atoms with van der Waals surface area (Å²) >= 11 is 0. The van der Waals surface area contributed by atoms with E-state index in [-0.39, 0.29) is 22.8 Å². The molecule has 37 heavy (non-hydrogen) atoms. The lowest BCUT2D eigenvalue weighted by Gasteiger charge is -2.37. The number of hydrogen-bond donors (Lipinski definition) is 5. The van der Waals surface area contributed by atoms with Crippen LogP contribution in [0.5, 0.6) is 0 Å². The minimum atomic E-state index is -0.339. The van der Waals surface area contributed by atoms with E-state index in [9.17, 15) is 9.59 Å². The second-order valence-electron chi connectivity index (χ2n) is 11.5. The van der Waals surface area contributed by atoms with E-state index in [4.69, 9.17) is 5.73 Å². The van der Waals surface area contributed by atoms with Gasteiger partial charge in [0.05, 0.1) is 5.54 Å². The average Bonchev–Trinajstić information content (AvgIpc) is 3.13. The number of fused-ring (bicyclic) bond motifs is 2. The van der Waals surface area contributed by atoms with Gasteiger partial charge in [-0.2, -0.15) is 0 Å². The molecule has 2 bridgehead atoms. The third kappa shape index (κ3) is 11.1. The summed E-state index contributed by atoms with van der Waals surface area (Å²) in [7, 11) is 6.36. The van der Waals surface area contributed by atoms with E-state index in [2.05, 4.69) is 69.0 Å². The maximum atomic E-state index is 13.1. The summed E-state index contributed by atoms with van der Waals surface area (Å²) in [5.74, 6) is 0.0176. The summed E-state index contributed by atoms with van der Waals surface area (Å²) in [6.07, 6.45) is 2.04. The summed E-state index contributed by atoms with van der Waals surface area (Å²) in [5, 5.41) is 18.0. The predicted octanol–water partition coefficient (Wildman–Crippen LogP) is -1.28. The molecule has 2 rings (SSSR count). The Hall–Kier alpha value is -1.34. The van der Waals surface area contributed by atoms with Crippen molar-refractivity contribution >= 4 is 11.8 Å². The fourth-order valence-corrected chi connectivity index (χ4v) is 5.73. The van der Waals surface area contributed by atoms with Crippen LogP contribution in [-0.4, -0.2) is 143 Å². The molecule has 11 nitrogen and oxygen atoms in total. The number of nitrogens with two attached hydrogens (primary N) is 1. The van der Waals surface area contributed by atoms with Crippen LogP contribution < -0.4 is 27.0 Å². The normalized spacial score (nSPS) is 29.1. The third-order valence-electron chi connectivity index (χ3n) is 7.54. The molecule has 0 aromatic carbocycles. The summed E-state index contributed by atoms with van der Waals surface area (Å²) in [4.78, 5) is 29.9. The summed E-state index contributed by atoms with van der Waals surface area (Å²) in [6.45, 7) is 15.7. The molecular weight excluding hydrogens is 470 g/mol. The summed E-state index contributed by atoms with van der Waals surface area (Å²) in [6, 6.07) is 0. The van der Waals surface area contributed by atoms with Crippen molar-refractivity contribution in [3.05, 3.63) is 0 Å². The zero-order valence-corrected chi connectivity index (χ0v) is 24.2. The van der Waals surface area contributed by atoms with E-state index in [1.165, 1.54) is 0 Å². The number of amides is 2. The maximum absolute atomic E-state index is 13.1. The van der Waals surface area contributed by atoms with E-state index in [0.717, 1.165) is 78.4 Å². The summed E-state index contributed by atoms with van der Waals surface area (Å²) < 4.78 is 0. The van der Waals surface area contributed by atoms with Gasteiger partial charge in [-0.05, 0) is 40.0 Å². The van der Waals surface area contributed by atoms with Crippen molar-refractivity contribution in [2.45, 2.75) is 45.1 Å². The highest BCUT2D eigenvalue weighted by Crippen LogP contribution is 2.23. The number of carbonyl (C=O) groups is 2. The monoisotopic (exact) mass is 525 g/mol. The molecule has 2 fully saturated rings. The first kappa shape index (κ1) is 31.9. The van der Waals surface area contributed by atoms with E-state index < -0.39 is 0 Å². The molecule has 0 aromatic heterocycles. The number of rotatable bonds is 11. The number of nitrogens with one attached hydrogen (secondary N) is 4. The zero-order valence-electron chi connectivity index (χ0n) is 24.2. The molecule has 2 aliphatic rings. The van der Waals surface area contributed by atoms with E-state index in [1.807, 2.05) is 7.05 Å². The van der Waals surface area contributed by atoms with Gasteiger partial charge in [-0.25, -0.2) is 10.0 Å². The topological polar surface area (TPSA) is 121 Å². The van der Waals surface area contributed by atoms with Gasteiger partial charge in [0.15, 0.2) is 0 Å². The minimum absolute atomic E-state index is 0.0104. The van der Waals surface area contributed by atoms with E-state index >= 15 is 0 Å². The molecule has 0 radical (unpaired) electrons. The number of nitrogens with zero attached hydrogens (tertiary/aromatic N) is 4. The van der Waals surface area contributed by atoms with Crippen molar-refractivity contribution in [2.75, 3.05) is 106 Å². The van der Waals surface area contributed by atoms with Gasteiger partial charge in [-0.15, -0.1) is 0 Å². The molecule has 6 N–H and O–H groups in total. The molecule has 2 heterocycles. The van der Waals surface area contributed by atoms with Gasteiger partial charge in [0.25, 0.3) is 0 Å². The number of hydrazine groups is 1. The second-order valence-corrected chi connectivity index (χ2v) is 11.5. The largest absolute Gasteiger partial charge is 0.356 e. The molecule has 2 amide bonds. The highest BCUT2D eigenvalue weighted by molar-refractivity contribution is 5.79. The lowest BCUT2D eigenvalue weighted by molar-refractivity contribution is -0.123. The van der Waals surface area contributed by atoms with Crippen molar-refractivity contribution in [3.63, 3.8) is 0 Å². The standard InChI is InChI=1S/C26H55N9O2/c1-6-34-14-13-29-18-25(2,17-28-3)19-32(4)15-16-35-22-26(21-34,20-33(35)5)31-24(37)10-7-9-23(36)30-12-8-11-27/h28-29H,6-22,27H2,1-5H3,(H,30,36)(H,31,37)/t25-,26-/m1/s1. The first-order valence-electron chi connectivity index (χ1n) is 14.1. The predicted molar refractivity (Wildman–Crippen MR) is 150 cm³/mol. The molecular formula is C26H55N9O2. The Kier molecular flexibility index (Phi) is 13.7. The van der Waals surface area contributed by atoms with Crippen molar-refractivity contribution in [2.24, 2.45) is 11.1 Å². The van der Waals surface area contributed by atoms with Crippen LogP contribution in [0.25, 0.3) is 0 Å². The smallest absolute Gasteiger partial charge is 0.220 e. The molecule has 3 atom stereocenters. The van der Waals surface area contributed by atoms with Crippen LogP contribution >= 0.6 is 0 Å². The highest BCUT2D eigenvalue weighted by atomic mass is 16.2. The van der Waals surface area contributed by atoms with Crippen LogP contribution in [0.1, 0.15) is 39.5 Å². The number of hydrogen-bond acceptors (Lipinski definition) is 9. The van der Waals surface area contributed by atoms with Gasteiger partial charge >= 0.3 is 0 Å². The Morgan fingerprint density at radius 2 is 1.76 bits per heavy atom. The van der Waals surface area contributed by atoms with Crippen LogP contribution in [0, 0.1) is 5.41 Å². The number of carbonyl (C=O) groups excluding carboxylic acids is 2. The van der Waals surface area contributed by atoms with Crippen molar-refractivity contribution in [1.29, 1.82) is 0 Å². The first-order valence-corrected chi connectivity index (χ1v) is 14.1. The van der Waals surface area contributed by atoms with Crippen LogP contribution in [-0.2, 0) is 9.59 Å². The fourth-order valence-electron chi connectivity index (χ4n) is 5.73. The van der Waals surface area contributed by atoms with Gasteiger partial charge in [0.1, 0.15) is 0 Å². The highest BCUT2D eigenvalue weighted by Gasteiger charge is 2.43. The number of likely N-dealkylation sites (N-methyl/N-ethyl adjacent to an activating group) is 3. The molecule has 1 unspecified atom stereocenters. The van der Waals surface area contributed by atoms with Crippen LogP contribution in [0.4, 0.5) is 0 Å². The lowest BCUT2D eigenvalue weighted by atomic mass is 9.89. The minimum Gasteiger partial charge on any atom is -0.356 e. The van der Waals surface area contributed by atoms with Gasteiger partial charge in [0.2, 0.25) is 11.8 Å². The van der Waals surface area contributed by atoms with Crippen molar-refractivity contribution in [3.8, 4) is 0 Å². The second kappa shape index (κ2) is 15.9. The van der Waals surface area contributed by atoms with Gasteiger partial charge in [0, 0.05) is 97.3 Å². The van der Waals surface area contributed by atoms with E-state index in [1.54, 1.807) is 0 Å².